The van der Waals surface area contributed by atoms with Crippen LogP contribution in [-0.4, -0.2) is 47.1 Å². The molecule has 1 atom stereocenters. The van der Waals surface area contributed by atoms with Crippen molar-refractivity contribution in [3.8, 4) is 0 Å². The molecule has 0 saturated carbocycles. The summed E-state index contributed by atoms with van der Waals surface area (Å²) in [5.74, 6) is -0.853. The maximum absolute atomic E-state index is 11.1. The fourth-order valence-corrected chi connectivity index (χ4v) is 1.99. The summed E-state index contributed by atoms with van der Waals surface area (Å²) in [5.41, 5.74) is -0.752. The van der Waals surface area contributed by atoms with Crippen LogP contribution in [0.4, 0.5) is 0 Å². The highest BCUT2D eigenvalue weighted by Crippen LogP contribution is 2.28. The van der Waals surface area contributed by atoms with Crippen LogP contribution in [0.2, 0.25) is 0 Å². The van der Waals surface area contributed by atoms with Gasteiger partial charge in [0.15, 0.2) is 0 Å². The molecule has 0 aliphatic carbocycles. The average Bonchev–Trinajstić information content (AvgIpc) is 2.49. The molecule has 1 amide bonds. The summed E-state index contributed by atoms with van der Waals surface area (Å²) >= 11 is 0. The van der Waals surface area contributed by atoms with Crippen LogP contribution in [0.1, 0.15) is 26.7 Å². The highest BCUT2D eigenvalue weighted by Gasteiger charge is 2.42. The quantitative estimate of drug-likeness (QED) is 0.694. The lowest BCUT2D eigenvalue weighted by Gasteiger charge is -2.30. The van der Waals surface area contributed by atoms with Crippen molar-refractivity contribution in [2.45, 2.75) is 32.2 Å². The zero-order chi connectivity index (χ0) is 11.5. The molecule has 5 heteroatoms. The summed E-state index contributed by atoms with van der Waals surface area (Å²) in [6.45, 7) is 5.11. The van der Waals surface area contributed by atoms with Gasteiger partial charge in [-0.2, -0.15) is 0 Å². The SMILES string of the molecule is CC(=O)NCCN1CCCC1(C)C(=O)O. The number of aliphatic carboxylic acids is 1. The summed E-state index contributed by atoms with van der Waals surface area (Å²) in [5, 5.41) is 11.8. The van der Waals surface area contributed by atoms with E-state index in [1.807, 2.05) is 4.90 Å². The maximum Gasteiger partial charge on any atom is 0.323 e. The number of hydrogen-bond donors (Lipinski definition) is 2. The number of nitrogens with one attached hydrogen (secondary N) is 1. The number of carbonyl (C=O) groups excluding carboxylic acids is 1. The number of carboxylic acid groups (broad SMARTS) is 1. The van der Waals surface area contributed by atoms with Crippen molar-refractivity contribution in [2.24, 2.45) is 0 Å². The molecule has 15 heavy (non-hydrogen) atoms. The molecule has 1 unspecified atom stereocenters. The predicted octanol–water partition coefficient (Wildman–Crippen LogP) is 0.0616. The Balaban J connectivity index is 2.47. The van der Waals surface area contributed by atoms with Crippen LogP contribution in [0.15, 0.2) is 0 Å². The third kappa shape index (κ3) is 2.68. The van der Waals surface area contributed by atoms with Gasteiger partial charge in [0, 0.05) is 20.0 Å². The fourth-order valence-electron chi connectivity index (χ4n) is 1.99. The Kier molecular flexibility index (Phi) is 3.68. The van der Waals surface area contributed by atoms with Crippen LogP contribution in [0.25, 0.3) is 0 Å². The first-order chi connectivity index (χ1) is 6.97. The van der Waals surface area contributed by atoms with Gasteiger partial charge in [0.25, 0.3) is 0 Å². The molecule has 1 saturated heterocycles. The lowest BCUT2D eigenvalue weighted by molar-refractivity contribution is -0.148. The Morgan fingerprint density at radius 2 is 2.20 bits per heavy atom. The molecule has 1 rings (SSSR count). The molecule has 0 aromatic carbocycles. The molecular formula is C10H18N2O3. The van der Waals surface area contributed by atoms with Crippen molar-refractivity contribution in [1.29, 1.82) is 0 Å². The van der Waals surface area contributed by atoms with Crippen molar-refractivity contribution < 1.29 is 14.7 Å². The second-order valence-electron chi connectivity index (χ2n) is 4.15. The fraction of sp³-hybridized carbons (Fsp3) is 0.800. The first-order valence-corrected chi connectivity index (χ1v) is 5.20. The average molecular weight is 214 g/mol. The molecule has 0 aromatic heterocycles. The van der Waals surface area contributed by atoms with E-state index < -0.39 is 11.5 Å². The lowest BCUT2D eigenvalue weighted by atomic mass is 9.99. The molecule has 1 aliphatic rings. The van der Waals surface area contributed by atoms with Crippen LogP contribution in [0, 0.1) is 0 Å². The molecule has 1 aliphatic heterocycles. The highest BCUT2D eigenvalue weighted by molar-refractivity contribution is 5.78. The van der Waals surface area contributed by atoms with Crippen LogP contribution in [0.3, 0.4) is 0 Å². The van der Waals surface area contributed by atoms with E-state index in [4.69, 9.17) is 5.11 Å². The number of amides is 1. The number of likely N-dealkylation sites (tertiary alicyclic amines) is 1. The summed E-state index contributed by atoms with van der Waals surface area (Å²) in [7, 11) is 0. The maximum atomic E-state index is 11.1. The van der Waals surface area contributed by atoms with Crippen molar-refractivity contribution in [3.05, 3.63) is 0 Å². The molecular weight excluding hydrogens is 196 g/mol. The number of carbonyl (C=O) groups is 2. The van der Waals surface area contributed by atoms with E-state index >= 15 is 0 Å². The second-order valence-corrected chi connectivity index (χ2v) is 4.15. The second kappa shape index (κ2) is 4.61. The van der Waals surface area contributed by atoms with E-state index in [2.05, 4.69) is 5.32 Å². The Hall–Kier alpha value is -1.10. The largest absolute Gasteiger partial charge is 0.480 e. The molecule has 2 N–H and O–H groups in total. The topological polar surface area (TPSA) is 69.6 Å². The van der Waals surface area contributed by atoms with E-state index in [9.17, 15) is 9.59 Å². The summed E-state index contributed by atoms with van der Waals surface area (Å²) < 4.78 is 0. The van der Waals surface area contributed by atoms with Crippen LogP contribution in [-0.2, 0) is 9.59 Å². The standard InChI is InChI=1S/C10H18N2O3/c1-8(13)11-5-7-12-6-3-4-10(12,2)9(14)15/h3-7H2,1-2H3,(H,11,13)(H,14,15). The van der Waals surface area contributed by atoms with Crippen LogP contribution < -0.4 is 5.32 Å². The number of hydrogen-bond acceptors (Lipinski definition) is 3. The van der Waals surface area contributed by atoms with Gasteiger partial charge < -0.3 is 10.4 Å². The van der Waals surface area contributed by atoms with Crippen molar-refractivity contribution in [1.82, 2.24) is 10.2 Å². The third-order valence-corrected chi connectivity index (χ3v) is 3.01. The van der Waals surface area contributed by atoms with Crippen LogP contribution in [0.5, 0.6) is 0 Å². The highest BCUT2D eigenvalue weighted by atomic mass is 16.4. The molecule has 1 heterocycles. The Morgan fingerprint density at radius 3 is 2.73 bits per heavy atom. The van der Waals surface area contributed by atoms with E-state index in [0.29, 0.717) is 19.5 Å². The van der Waals surface area contributed by atoms with Gasteiger partial charge in [-0.1, -0.05) is 0 Å². The predicted molar refractivity (Wildman–Crippen MR) is 55.5 cm³/mol. The van der Waals surface area contributed by atoms with Gasteiger partial charge in [0.1, 0.15) is 5.54 Å². The van der Waals surface area contributed by atoms with Gasteiger partial charge in [-0.25, -0.2) is 0 Å². The summed E-state index contributed by atoms with van der Waals surface area (Å²) in [6.07, 6.45) is 1.59. The lowest BCUT2D eigenvalue weighted by Crippen LogP contribution is -2.50. The van der Waals surface area contributed by atoms with Crippen molar-refractivity contribution in [3.63, 3.8) is 0 Å². The minimum absolute atomic E-state index is 0.0776. The summed E-state index contributed by atoms with van der Waals surface area (Å²) in [4.78, 5) is 23.7. The molecule has 0 aromatic rings. The third-order valence-electron chi connectivity index (χ3n) is 3.01. The van der Waals surface area contributed by atoms with E-state index in [1.165, 1.54) is 6.92 Å². The zero-order valence-corrected chi connectivity index (χ0v) is 9.25. The molecule has 0 bridgehead atoms. The van der Waals surface area contributed by atoms with Crippen molar-refractivity contribution in [2.75, 3.05) is 19.6 Å². The molecule has 86 valence electrons. The van der Waals surface area contributed by atoms with E-state index in [1.54, 1.807) is 6.92 Å². The van der Waals surface area contributed by atoms with E-state index in [-0.39, 0.29) is 5.91 Å². The Morgan fingerprint density at radius 1 is 1.53 bits per heavy atom. The minimum Gasteiger partial charge on any atom is -0.480 e. The van der Waals surface area contributed by atoms with Gasteiger partial charge in [0.05, 0.1) is 0 Å². The molecule has 0 spiro atoms. The zero-order valence-electron chi connectivity index (χ0n) is 9.25. The smallest absolute Gasteiger partial charge is 0.323 e. The Labute approximate surface area is 89.4 Å². The molecule has 5 nitrogen and oxygen atoms in total. The number of carboxylic acids is 1. The first-order valence-electron chi connectivity index (χ1n) is 5.20. The first kappa shape index (κ1) is 12.0. The molecule has 0 radical (unpaired) electrons. The van der Waals surface area contributed by atoms with Gasteiger partial charge in [-0.15, -0.1) is 0 Å². The normalized spacial score (nSPS) is 26.5. The Bertz CT molecular complexity index is 267. The van der Waals surface area contributed by atoms with E-state index in [0.717, 1.165) is 13.0 Å². The molecule has 1 fully saturated rings. The van der Waals surface area contributed by atoms with Crippen molar-refractivity contribution >= 4 is 11.9 Å². The van der Waals surface area contributed by atoms with Gasteiger partial charge >= 0.3 is 5.97 Å². The van der Waals surface area contributed by atoms with Gasteiger partial charge in [-0.3, -0.25) is 14.5 Å². The number of rotatable bonds is 4. The summed E-state index contributed by atoms with van der Waals surface area (Å²) in [6, 6.07) is 0. The monoisotopic (exact) mass is 214 g/mol. The minimum atomic E-state index is -0.775. The van der Waals surface area contributed by atoms with Gasteiger partial charge in [0.2, 0.25) is 5.91 Å². The van der Waals surface area contributed by atoms with Crippen LogP contribution >= 0.6 is 0 Å². The number of nitrogens with zero attached hydrogens (tertiary/aromatic N) is 1. The van der Waals surface area contributed by atoms with Gasteiger partial charge in [-0.05, 0) is 26.3 Å².